The first-order chi connectivity index (χ1) is 15.5. The number of hydrogen-bond donors (Lipinski definition) is 1. The van der Waals surface area contributed by atoms with Gasteiger partial charge >= 0.3 is 0 Å². The van der Waals surface area contributed by atoms with E-state index in [9.17, 15) is 4.79 Å². The Bertz CT molecular complexity index is 944. The van der Waals surface area contributed by atoms with Crippen LogP contribution in [0.3, 0.4) is 0 Å². The molecular formula is C24H31ClN6O. The number of carbonyl (C=O) groups is 1. The van der Waals surface area contributed by atoms with Gasteiger partial charge in [0.1, 0.15) is 5.82 Å². The summed E-state index contributed by atoms with van der Waals surface area (Å²) in [6.07, 6.45) is 11.7. The number of hydrogen-bond acceptors (Lipinski definition) is 6. The van der Waals surface area contributed by atoms with Crippen LogP contribution < -0.4 is 15.1 Å². The lowest BCUT2D eigenvalue weighted by Gasteiger charge is -2.33. The van der Waals surface area contributed by atoms with Gasteiger partial charge in [0.2, 0.25) is 11.9 Å². The Hall–Kier alpha value is -2.41. The van der Waals surface area contributed by atoms with E-state index in [-0.39, 0.29) is 5.91 Å². The van der Waals surface area contributed by atoms with Crippen molar-refractivity contribution in [1.29, 1.82) is 0 Å². The molecule has 8 heteroatoms. The van der Waals surface area contributed by atoms with Gasteiger partial charge in [0.05, 0.1) is 29.3 Å². The summed E-state index contributed by atoms with van der Waals surface area (Å²) in [5.41, 5.74) is 1.46. The first-order valence-electron chi connectivity index (χ1n) is 11.7. The summed E-state index contributed by atoms with van der Waals surface area (Å²) in [6, 6.07) is 3.99. The van der Waals surface area contributed by atoms with Gasteiger partial charge in [-0.05, 0) is 61.5 Å². The van der Waals surface area contributed by atoms with Crippen LogP contribution in [0, 0.1) is 17.3 Å². The van der Waals surface area contributed by atoms with Crippen molar-refractivity contribution in [2.45, 2.75) is 45.4 Å². The molecule has 3 aliphatic rings. The number of pyridine rings is 1. The number of carbonyl (C=O) groups excluding carboxylic acids is 1. The highest BCUT2D eigenvalue weighted by Gasteiger charge is 2.53. The maximum Gasteiger partial charge on any atom is 0.228 e. The minimum atomic E-state index is 0.178. The lowest BCUT2D eigenvalue weighted by atomic mass is 9.86. The molecule has 2 aromatic heterocycles. The normalized spacial score (nSPS) is 25.9. The van der Waals surface area contributed by atoms with Gasteiger partial charge in [-0.3, -0.25) is 9.69 Å². The van der Waals surface area contributed by atoms with Crippen molar-refractivity contribution in [2.24, 2.45) is 17.3 Å². The van der Waals surface area contributed by atoms with Crippen LogP contribution in [0.2, 0.25) is 5.02 Å². The standard InChI is InChI=1S/C24H31ClN6O/c1-24(8-9-26-19-4-5-21(27-16-19)31-10-2-3-22(31)32)13-20(24)17-6-11-30(12-7-17)23-28-14-18(25)15-29-23/h4-5,14-17,20,26H,2-3,6-13H2,1H3/t20-,24-/m1/s1. The summed E-state index contributed by atoms with van der Waals surface area (Å²) >= 11 is 5.91. The summed E-state index contributed by atoms with van der Waals surface area (Å²) in [6.45, 7) is 6.22. The molecule has 0 spiro atoms. The Kier molecular flexibility index (Phi) is 5.93. The van der Waals surface area contributed by atoms with E-state index in [1.807, 2.05) is 18.3 Å². The van der Waals surface area contributed by atoms with E-state index in [4.69, 9.17) is 11.6 Å². The van der Waals surface area contributed by atoms with Crippen LogP contribution in [-0.2, 0) is 4.79 Å². The van der Waals surface area contributed by atoms with Gasteiger partial charge < -0.3 is 10.2 Å². The van der Waals surface area contributed by atoms with Crippen molar-refractivity contribution in [1.82, 2.24) is 15.0 Å². The zero-order valence-corrected chi connectivity index (χ0v) is 19.4. The predicted octanol–water partition coefficient (Wildman–Crippen LogP) is 4.40. The third-order valence-electron chi connectivity index (χ3n) is 7.54. The second-order valence-corrected chi connectivity index (χ2v) is 10.2. The average molecular weight is 455 g/mol. The highest BCUT2D eigenvalue weighted by Crippen LogP contribution is 2.60. The second-order valence-electron chi connectivity index (χ2n) is 9.72. The summed E-state index contributed by atoms with van der Waals surface area (Å²) in [4.78, 5) is 29.2. The van der Waals surface area contributed by atoms with E-state index in [2.05, 4.69) is 32.1 Å². The molecule has 1 saturated carbocycles. The molecule has 2 aromatic rings. The molecule has 0 unspecified atom stereocenters. The van der Waals surface area contributed by atoms with Crippen LogP contribution in [0.1, 0.15) is 45.4 Å². The van der Waals surface area contributed by atoms with Gasteiger partial charge in [0.25, 0.3) is 0 Å². The number of nitrogens with zero attached hydrogens (tertiary/aromatic N) is 5. The van der Waals surface area contributed by atoms with Crippen LogP contribution in [0.5, 0.6) is 0 Å². The minimum Gasteiger partial charge on any atom is -0.384 e. The molecule has 2 atom stereocenters. The zero-order chi connectivity index (χ0) is 22.1. The maximum absolute atomic E-state index is 11.9. The number of rotatable bonds is 7. The number of nitrogens with one attached hydrogen (secondary N) is 1. The van der Waals surface area contributed by atoms with Crippen LogP contribution in [0.4, 0.5) is 17.5 Å². The first-order valence-corrected chi connectivity index (χ1v) is 12.1. The average Bonchev–Trinajstić information content (AvgIpc) is 3.29. The van der Waals surface area contributed by atoms with Crippen molar-refractivity contribution in [3.05, 3.63) is 35.7 Å². The molecule has 0 bridgehead atoms. The van der Waals surface area contributed by atoms with Gasteiger partial charge in [-0.2, -0.15) is 0 Å². The molecule has 2 aliphatic heterocycles. The van der Waals surface area contributed by atoms with Gasteiger partial charge in [0.15, 0.2) is 0 Å². The van der Waals surface area contributed by atoms with E-state index in [0.29, 0.717) is 16.9 Å². The smallest absolute Gasteiger partial charge is 0.228 e. The van der Waals surface area contributed by atoms with Crippen molar-refractivity contribution >= 4 is 35.0 Å². The fraction of sp³-hybridized carbons (Fsp3) is 0.583. The molecular weight excluding hydrogens is 424 g/mol. The summed E-state index contributed by atoms with van der Waals surface area (Å²) in [5.74, 6) is 3.35. The molecule has 1 amide bonds. The Morgan fingerprint density at radius 1 is 1.12 bits per heavy atom. The van der Waals surface area contributed by atoms with E-state index in [0.717, 1.165) is 61.9 Å². The number of anilines is 3. The molecule has 5 rings (SSSR count). The number of halogens is 1. The van der Waals surface area contributed by atoms with Crippen molar-refractivity contribution in [3.8, 4) is 0 Å². The van der Waals surface area contributed by atoms with Gasteiger partial charge in [-0.1, -0.05) is 18.5 Å². The van der Waals surface area contributed by atoms with Crippen molar-refractivity contribution < 1.29 is 4.79 Å². The highest BCUT2D eigenvalue weighted by atomic mass is 35.5. The Morgan fingerprint density at radius 3 is 2.56 bits per heavy atom. The molecule has 0 aromatic carbocycles. The Morgan fingerprint density at radius 2 is 1.91 bits per heavy atom. The predicted molar refractivity (Wildman–Crippen MR) is 127 cm³/mol. The molecule has 4 heterocycles. The SMILES string of the molecule is C[C@@]1(CCNc2ccc(N3CCCC3=O)nc2)C[C@@H]1C1CCN(c2ncc(Cl)cn2)CC1. The fourth-order valence-corrected chi connectivity index (χ4v) is 5.57. The Balaban J connectivity index is 1.06. The molecule has 32 heavy (non-hydrogen) atoms. The number of aromatic nitrogens is 3. The monoisotopic (exact) mass is 454 g/mol. The topological polar surface area (TPSA) is 74.2 Å². The zero-order valence-electron chi connectivity index (χ0n) is 18.6. The lowest BCUT2D eigenvalue weighted by molar-refractivity contribution is -0.117. The summed E-state index contributed by atoms with van der Waals surface area (Å²) in [7, 11) is 0. The number of piperidine rings is 1. The van der Waals surface area contributed by atoms with Gasteiger partial charge in [-0.15, -0.1) is 0 Å². The van der Waals surface area contributed by atoms with E-state index in [1.54, 1.807) is 17.3 Å². The quantitative estimate of drug-likeness (QED) is 0.668. The third kappa shape index (κ3) is 4.53. The van der Waals surface area contributed by atoms with Crippen LogP contribution in [0.25, 0.3) is 0 Å². The molecule has 170 valence electrons. The van der Waals surface area contributed by atoms with Crippen LogP contribution in [0.15, 0.2) is 30.7 Å². The molecule has 3 fully saturated rings. The van der Waals surface area contributed by atoms with E-state index in [1.165, 1.54) is 25.7 Å². The van der Waals surface area contributed by atoms with Crippen LogP contribution in [-0.4, -0.2) is 47.0 Å². The van der Waals surface area contributed by atoms with Gasteiger partial charge in [-0.25, -0.2) is 15.0 Å². The second kappa shape index (κ2) is 8.85. The number of amides is 1. The van der Waals surface area contributed by atoms with Crippen molar-refractivity contribution in [2.75, 3.05) is 41.3 Å². The highest BCUT2D eigenvalue weighted by molar-refractivity contribution is 6.30. The van der Waals surface area contributed by atoms with Crippen LogP contribution >= 0.6 is 11.6 Å². The van der Waals surface area contributed by atoms with E-state index >= 15 is 0 Å². The maximum atomic E-state index is 11.9. The first kappa shape index (κ1) is 21.4. The Labute approximate surface area is 194 Å². The third-order valence-corrected chi connectivity index (χ3v) is 7.74. The summed E-state index contributed by atoms with van der Waals surface area (Å²) in [5, 5.41) is 4.11. The van der Waals surface area contributed by atoms with E-state index < -0.39 is 0 Å². The van der Waals surface area contributed by atoms with Crippen molar-refractivity contribution in [3.63, 3.8) is 0 Å². The molecule has 1 aliphatic carbocycles. The minimum absolute atomic E-state index is 0.178. The fourth-order valence-electron chi connectivity index (χ4n) is 5.47. The largest absolute Gasteiger partial charge is 0.384 e. The molecule has 1 N–H and O–H groups in total. The molecule has 0 radical (unpaired) electrons. The molecule has 7 nitrogen and oxygen atoms in total. The molecule has 2 saturated heterocycles. The summed E-state index contributed by atoms with van der Waals surface area (Å²) < 4.78 is 0. The van der Waals surface area contributed by atoms with Gasteiger partial charge in [0, 0.05) is 32.6 Å². The lowest BCUT2D eigenvalue weighted by Crippen LogP contribution is -2.36.